The molecular weight excluding hydrogens is 380 g/mol. The molecule has 0 unspecified atom stereocenters. The van der Waals surface area contributed by atoms with E-state index in [1.54, 1.807) is 0 Å². The van der Waals surface area contributed by atoms with Gasteiger partial charge in [0.25, 0.3) is 0 Å². The Morgan fingerprint density at radius 3 is 2.48 bits per heavy atom. The molecule has 0 spiro atoms. The van der Waals surface area contributed by atoms with Crippen molar-refractivity contribution in [3.8, 4) is 0 Å². The number of hydrogen-bond donors (Lipinski definition) is 3. The van der Waals surface area contributed by atoms with E-state index >= 15 is 0 Å². The van der Waals surface area contributed by atoms with Crippen molar-refractivity contribution in [3.05, 3.63) is 80.7 Å². The highest BCUT2D eigenvalue weighted by atomic mass is 32.1. The van der Waals surface area contributed by atoms with Crippen molar-refractivity contribution >= 4 is 34.5 Å². The first kappa shape index (κ1) is 19.3. The molecule has 1 aromatic carbocycles. The zero-order valence-electron chi connectivity index (χ0n) is 14.7. The summed E-state index contributed by atoms with van der Waals surface area (Å²) < 4.78 is 0. The lowest BCUT2D eigenvalue weighted by atomic mass is 9.94. The molecule has 2 heterocycles. The fourth-order valence-corrected chi connectivity index (χ4v) is 4.29. The average molecular weight is 401 g/mol. The molecule has 0 aliphatic rings. The van der Waals surface area contributed by atoms with Crippen LogP contribution in [0.3, 0.4) is 0 Å². The van der Waals surface area contributed by atoms with Crippen LogP contribution in [0, 0.1) is 0 Å². The van der Waals surface area contributed by atoms with E-state index in [1.807, 2.05) is 71.6 Å². The molecular formula is C20H20N2O3S2. The van der Waals surface area contributed by atoms with Gasteiger partial charge >= 0.3 is 11.8 Å². The maximum Gasteiger partial charge on any atom is 0.309 e. The van der Waals surface area contributed by atoms with E-state index < -0.39 is 17.4 Å². The summed E-state index contributed by atoms with van der Waals surface area (Å²) in [5, 5.41) is 22.0. The summed E-state index contributed by atoms with van der Waals surface area (Å²) in [7, 11) is 0. The molecule has 0 saturated heterocycles. The molecule has 2 amide bonds. The maximum absolute atomic E-state index is 12.3. The highest BCUT2D eigenvalue weighted by Gasteiger charge is 2.34. The molecule has 0 aliphatic heterocycles. The van der Waals surface area contributed by atoms with Gasteiger partial charge in [-0.2, -0.15) is 11.3 Å². The minimum Gasteiger partial charge on any atom is -0.378 e. The fourth-order valence-electron chi connectivity index (χ4n) is 2.72. The number of nitrogens with one attached hydrogen (secondary N) is 2. The van der Waals surface area contributed by atoms with Crippen molar-refractivity contribution in [2.75, 3.05) is 6.54 Å². The Morgan fingerprint density at radius 1 is 1.07 bits per heavy atom. The van der Waals surface area contributed by atoms with Gasteiger partial charge in [0.05, 0.1) is 12.6 Å². The molecule has 0 bridgehead atoms. The molecule has 0 fully saturated rings. The molecule has 3 rings (SSSR count). The van der Waals surface area contributed by atoms with Crippen LogP contribution in [0.5, 0.6) is 0 Å². The van der Waals surface area contributed by atoms with Crippen LogP contribution in [-0.4, -0.2) is 23.5 Å². The molecule has 140 valence electrons. The second-order valence-corrected chi connectivity index (χ2v) is 7.87. The largest absolute Gasteiger partial charge is 0.378 e. The van der Waals surface area contributed by atoms with Crippen LogP contribution in [0.25, 0.3) is 0 Å². The van der Waals surface area contributed by atoms with Gasteiger partial charge in [-0.15, -0.1) is 11.3 Å². The minimum atomic E-state index is -1.37. The van der Waals surface area contributed by atoms with E-state index in [-0.39, 0.29) is 12.6 Å². The zero-order chi connectivity index (χ0) is 19.3. The van der Waals surface area contributed by atoms with Crippen molar-refractivity contribution in [2.24, 2.45) is 0 Å². The van der Waals surface area contributed by atoms with Gasteiger partial charge in [-0.3, -0.25) is 9.59 Å². The number of hydrogen-bond acceptors (Lipinski definition) is 5. The van der Waals surface area contributed by atoms with E-state index in [2.05, 4.69) is 10.6 Å². The molecule has 2 atom stereocenters. The van der Waals surface area contributed by atoms with E-state index in [0.717, 1.165) is 5.56 Å². The quantitative estimate of drug-likeness (QED) is 0.557. The summed E-state index contributed by atoms with van der Waals surface area (Å²) in [4.78, 5) is 25.2. The van der Waals surface area contributed by atoms with Gasteiger partial charge < -0.3 is 15.7 Å². The van der Waals surface area contributed by atoms with Crippen LogP contribution in [0.15, 0.2) is 64.7 Å². The summed E-state index contributed by atoms with van der Waals surface area (Å²) in [5.74, 6) is -1.51. The summed E-state index contributed by atoms with van der Waals surface area (Å²) in [6.45, 7) is 1.73. The Hall–Kier alpha value is -2.48. The third-order valence-electron chi connectivity index (χ3n) is 4.29. The molecule has 7 heteroatoms. The maximum atomic E-state index is 12.3. The Balaban J connectivity index is 1.65. The Morgan fingerprint density at radius 2 is 1.85 bits per heavy atom. The minimum absolute atomic E-state index is 0.0871. The highest BCUT2D eigenvalue weighted by molar-refractivity contribution is 7.10. The van der Waals surface area contributed by atoms with E-state index in [4.69, 9.17) is 0 Å². The van der Waals surface area contributed by atoms with E-state index in [1.165, 1.54) is 22.7 Å². The lowest BCUT2D eigenvalue weighted by Gasteiger charge is -2.27. The molecule has 3 N–H and O–H groups in total. The van der Waals surface area contributed by atoms with E-state index in [0.29, 0.717) is 10.4 Å². The van der Waals surface area contributed by atoms with Gasteiger partial charge in [0.15, 0.2) is 0 Å². The summed E-state index contributed by atoms with van der Waals surface area (Å²) in [6, 6.07) is 14.6. The van der Waals surface area contributed by atoms with Crippen LogP contribution in [0.4, 0.5) is 0 Å². The second kappa shape index (κ2) is 8.47. The lowest BCUT2D eigenvalue weighted by Crippen LogP contribution is -2.46. The van der Waals surface area contributed by atoms with Crippen LogP contribution in [0.1, 0.15) is 29.0 Å². The number of carbonyl (C=O) groups excluding carboxylic acids is 2. The summed E-state index contributed by atoms with van der Waals surface area (Å²) >= 11 is 2.86. The number of carbonyl (C=O) groups is 2. The smallest absolute Gasteiger partial charge is 0.309 e. The number of amides is 2. The standard InChI is InChI=1S/C20H20N2O3S2/c1-14(15-6-3-2-4-7-15)22-19(24)18(23)21-13-20(25,16-9-11-26-12-16)17-8-5-10-27-17/h2-12,14,25H,13H2,1H3,(H,21,23)(H,22,24)/t14-,20+/m1/s1. The summed E-state index contributed by atoms with van der Waals surface area (Å²) in [5.41, 5.74) is 0.232. The predicted molar refractivity (Wildman–Crippen MR) is 108 cm³/mol. The Bertz CT molecular complexity index is 843. The SMILES string of the molecule is C[C@@H](NC(=O)C(=O)NC[C@](O)(c1ccsc1)c1cccs1)c1ccccc1. The number of aliphatic hydroxyl groups is 1. The first-order valence-electron chi connectivity index (χ1n) is 8.43. The van der Waals surface area contributed by atoms with Crippen molar-refractivity contribution < 1.29 is 14.7 Å². The highest BCUT2D eigenvalue weighted by Crippen LogP contribution is 2.33. The third-order valence-corrected chi connectivity index (χ3v) is 5.99. The Labute approximate surface area is 165 Å². The van der Waals surface area contributed by atoms with Gasteiger partial charge in [0, 0.05) is 10.4 Å². The topological polar surface area (TPSA) is 78.4 Å². The third kappa shape index (κ3) is 4.44. The predicted octanol–water partition coefficient (Wildman–Crippen LogP) is 3.04. The number of rotatable bonds is 6. The molecule has 27 heavy (non-hydrogen) atoms. The molecule has 0 saturated carbocycles. The monoisotopic (exact) mass is 400 g/mol. The summed E-state index contributed by atoms with van der Waals surface area (Å²) in [6.07, 6.45) is 0. The van der Waals surface area contributed by atoms with Crippen molar-refractivity contribution in [2.45, 2.75) is 18.6 Å². The first-order chi connectivity index (χ1) is 13.0. The van der Waals surface area contributed by atoms with Crippen LogP contribution < -0.4 is 10.6 Å². The van der Waals surface area contributed by atoms with Gasteiger partial charge in [-0.25, -0.2) is 0 Å². The van der Waals surface area contributed by atoms with Gasteiger partial charge in [-0.1, -0.05) is 36.4 Å². The van der Waals surface area contributed by atoms with Crippen LogP contribution in [0.2, 0.25) is 0 Å². The molecule has 3 aromatic rings. The van der Waals surface area contributed by atoms with Crippen molar-refractivity contribution in [1.29, 1.82) is 0 Å². The first-order valence-corrected chi connectivity index (χ1v) is 10.3. The van der Waals surface area contributed by atoms with Crippen molar-refractivity contribution in [3.63, 3.8) is 0 Å². The van der Waals surface area contributed by atoms with Gasteiger partial charge in [-0.05, 0) is 40.8 Å². The lowest BCUT2D eigenvalue weighted by molar-refractivity contribution is -0.140. The van der Waals surface area contributed by atoms with E-state index in [9.17, 15) is 14.7 Å². The number of thiophene rings is 2. The van der Waals surface area contributed by atoms with Gasteiger partial charge in [0.2, 0.25) is 0 Å². The molecule has 0 aliphatic carbocycles. The average Bonchev–Trinajstić information content (AvgIpc) is 3.40. The van der Waals surface area contributed by atoms with Crippen molar-refractivity contribution in [1.82, 2.24) is 10.6 Å². The fraction of sp³-hybridized carbons (Fsp3) is 0.200. The Kier molecular flexibility index (Phi) is 6.05. The van der Waals surface area contributed by atoms with Crippen LogP contribution >= 0.6 is 22.7 Å². The normalized spacial score (nSPS) is 14.1. The number of benzene rings is 1. The van der Waals surface area contributed by atoms with Crippen LogP contribution in [-0.2, 0) is 15.2 Å². The van der Waals surface area contributed by atoms with Gasteiger partial charge in [0.1, 0.15) is 5.60 Å². The molecule has 2 aromatic heterocycles. The second-order valence-electron chi connectivity index (χ2n) is 6.14. The zero-order valence-corrected chi connectivity index (χ0v) is 16.3. The molecule has 0 radical (unpaired) electrons. The molecule has 5 nitrogen and oxygen atoms in total.